The van der Waals surface area contributed by atoms with Crippen LogP contribution < -0.4 is 4.90 Å². The molecule has 0 N–H and O–H groups in total. The van der Waals surface area contributed by atoms with E-state index in [0.717, 1.165) is 76.4 Å². The number of aryl methyl sites for hydroxylation is 2. The zero-order valence-electron chi connectivity index (χ0n) is 19.9. The second-order valence-corrected chi connectivity index (χ2v) is 9.48. The van der Waals surface area contributed by atoms with E-state index >= 15 is 0 Å². The van der Waals surface area contributed by atoms with Crippen molar-refractivity contribution in [2.75, 3.05) is 44.2 Å². The molecule has 3 heterocycles. The van der Waals surface area contributed by atoms with E-state index in [-0.39, 0.29) is 5.92 Å². The molecule has 0 bridgehead atoms. The molecule has 0 radical (unpaired) electrons. The Morgan fingerprint density at radius 1 is 1.00 bits per heavy atom. The van der Waals surface area contributed by atoms with Crippen molar-refractivity contribution < 1.29 is 4.79 Å². The van der Waals surface area contributed by atoms with Crippen molar-refractivity contribution in [2.24, 2.45) is 13.0 Å². The number of hydrogen-bond acceptors (Lipinski definition) is 4. The molecule has 0 saturated carbocycles. The minimum Gasteiger partial charge on any atom is -0.368 e. The van der Waals surface area contributed by atoms with Crippen LogP contribution in [0, 0.1) is 5.92 Å². The van der Waals surface area contributed by atoms with Gasteiger partial charge in [-0.1, -0.05) is 31.2 Å². The lowest BCUT2D eigenvalue weighted by molar-refractivity contribution is -0.137. The topological polar surface area (TPSA) is 44.6 Å². The predicted octanol–water partition coefficient (Wildman–Crippen LogP) is 3.70. The molecular formula is C27H35N5O. The number of piperidine rings is 1. The zero-order chi connectivity index (χ0) is 22.8. The molecule has 33 heavy (non-hydrogen) atoms. The molecule has 2 aliphatic rings. The highest BCUT2D eigenvalue weighted by Crippen LogP contribution is 2.24. The molecule has 2 aromatic carbocycles. The number of benzene rings is 2. The highest BCUT2D eigenvalue weighted by Gasteiger charge is 2.31. The average molecular weight is 446 g/mol. The third kappa shape index (κ3) is 4.62. The van der Waals surface area contributed by atoms with Crippen LogP contribution in [-0.4, -0.2) is 64.5 Å². The monoisotopic (exact) mass is 445 g/mol. The first-order chi connectivity index (χ1) is 16.1. The molecule has 174 valence electrons. The quantitative estimate of drug-likeness (QED) is 0.601. The maximum atomic E-state index is 13.3. The molecule has 5 rings (SSSR count). The summed E-state index contributed by atoms with van der Waals surface area (Å²) in [6, 6.07) is 17.2. The number of carbonyl (C=O) groups excluding carboxylic acids is 1. The molecule has 1 atom stereocenters. The van der Waals surface area contributed by atoms with Gasteiger partial charge in [-0.25, -0.2) is 4.98 Å². The number of para-hydroxylation sites is 2. The van der Waals surface area contributed by atoms with E-state index in [0.29, 0.717) is 5.91 Å². The second kappa shape index (κ2) is 9.56. The smallest absolute Gasteiger partial charge is 0.227 e. The lowest BCUT2D eigenvalue weighted by atomic mass is 9.96. The Balaban J connectivity index is 1.17. The predicted molar refractivity (Wildman–Crippen MR) is 133 cm³/mol. The van der Waals surface area contributed by atoms with Crippen LogP contribution in [0.1, 0.15) is 31.2 Å². The van der Waals surface area contributed by atoms with E-state index in [9.17, 15) is 4.79 Å². The molecule has 3 aromatic rings. The van der Waals surface area contributed by atoms with Crippen LogP contribution >= 0.6 is 0 Å². The largest absolute Gasteiger partial charge is 0.368 e. The first kappa shape index (κ1) is 22.0. The standard InChI is InChI=1S/C27H35N5O/c1-3-21-10-12-23(13-11-21)31-15-17-32(18-16-31)27(33)22-7-6-14-30(19-22)20-26-28-24-8-4-5-9-25(24)29(26)2/h4-5,8-13,22H,3,6-7,14-20H2,1-2H3/t22-/m1/s1. The molecule has 0 unspecified atom stereocenters. The van der Waals surface area contributed by atoms with Crippen molar-refractivity contribution in [3.8, 4) is 0 Å². The van der Waals surface area contributed by atoms with Crippen LogP contribution in [0.15, 0.2) is 48.5 Å². The van der Waals surface area contributed by atoms with E-state index < -0.39 is 0 Å². The van der Waals surface area contributed by atoms with Crippen LogP contribution in [0.2, 0.25) is 0 Å². The van der Waals surface area contributed by atoms with E-state index in [2.05, 4.69) is 75.7 Å². The van der Waals surface area contributed by atoms with Gasteiger partial charge < -0.3 is 14.4 Å². The van der Waals surface area contributed by atoms with Crippen molar-refractivity contribution in [1.82, 2.24) is 19.4 Å². The molecule has 2 saturated heterocycles. The number of amides is 1. The fourth-order valence-electron chi connectivity index (χ4n) is 5.32. The summed E-state index contributed by atoms with van der Waals surface area (Å²) < 4.78 is 2.19. The van der Waals surface area contributed by atoms with Gasteiger partial charge in [0, 0.05) is 45.5 Å². The summed E-state index contributed by atoms with van der Waals surface area (Å²) in [7, 11) is 2.09. The van der Waals surface area contributed by atoms with Gasteiger partial charge in [0.15, 0.2) is 0 Å². The van der Waals surface area contributed by atoms with Crippen molar-refractivity contribution in [1.29, 1.82) is 0 Å². The maximum Gasteiger partial charge on any atom is 0.227 e. The average Bonchev–Trinajstić information content (AvgIpc) is 3.19. The Hall–Kier alpha value is -2.86. The van der Waals surface area contributed by atoms with Crippen LogP contribution in [0.3, 0.4) is 0 Å². The number of aromatic nitrogens is 2. The van der Waals surface area contributed by atoms with Crippen molar-refractivity contribution >= 4 is 22.6 Å². The number of hydrogen-bond donors (Lipinski definition) is 0. The van der Waals surface area contributed by atoms with Gasteiger partial charge in [0.05, 0.1) is 23.5 Å². The maximum absolute atomic E-state index is 13.3. The number of piperazine rings is 1. The fourth-order valence-corrected chi connectivity index (χ4v) is 5.32. The van der Waals surface area contributed by atoms with Gasteiger partial charge in [-0.15, -0.1) is 0 Å². The van der Waals surface area contributed by atoms with Gasteiger partial charge in [0.2, 0.25) is 5.91 Å². The molecule has 0 aliphatic carbocycles. The van der Waals surface area contributed by atoms with Crippen LogP contribution in [-0.2, 0) is 24.8 Å². The minimum absolute atomic E-state index is 0.101. The molecule has 0 spiro atoms. The summed E-state index contributed by atoms with van der Waals surface area (Å²) in [4.78, 5) is 25.1. The SMILES string of the molecule is CCc1ccc(N2CCN(C(=O)[C@@H]3CCCN(Cc4nc5ccccc5n4C)C3)CC2)cc1. The lowest BCUT2D eigenvalue weighted by Gasteiger charge is -2.39. The van der Waals surface area contributed by atoms with Crippen molar-refractivity contribution in [2.45, 2.75) is 32.7 Å². The van der Waals surface area contributed by atoms with Crippen LogP contribution in [0.25, 0.3) is 11.0 Å². The number of carbonyl (C=O) groups is 1. The first-order valence-electron chi connectivity index (χ1n) is 12.4. The molecule has 2 fully saturated rings. The number of nitrogens with zero attached hydrogens (tertiary/aromatic N) is 5. The van der Waals surface area contributed by atoms with Gasteiger partial charge in [0.1, 0.15) is 5.82 Å². The van der Waals surface area contributed by atoms with E-state index in [1.165, 1.54) is 16.8 Å². The van der Waals surface area contributed by atoms with Gasteiger partial charge >= 0.3 is 0 Å². The molecule has 6 nitrogen and oxygen atoms in total. The van der Waals surface area contributed by atoms with Crippen LogP contribution in [0.4, 0.5) is 5.69 Å². The number of likely N-dealkylation sites (tertiary alicyclic amines) is 1. The summed E-state index contributed by atoms with van der Waals surface area (Å²) in [5.41, 5.74) is 4.85. The summed E-state index contributed by atoms with van der Waals surface area (Å²) in [5, 5.41) is 0. The van der Waals surface area contributed by atoms with E-state index in [1.807, 2.05) is 6.07 Å². The summed E-state index contributed by atoms with van der Waals surface area (Å²) in [6.45, 7) is 8.31. The van der Waals surface area contributed by atoms with Crippen LogP contribution in [0.5, 0.6) is 0 Å². The van der Waals surface area contributed by atoms with E-state index in [1.54, 1.807) is 0 Å². The number of fused-ring (bicyclic) bond motifs is 1. The third-order valence-corrected chi connectivity index (χ3v) is 7.40. The van der Waals surface area contributed by atoms with Crippen molar-refractivity contribution in [3.63, 3.8) is 0 Å². The summed E-state index contributed by atoms with van der Waals surface area (Å²) in [6.07, 6.45) is 3.14. The molecule has 2 aliphatic heterocycles. The normalized spacial score (nSPS) is 19.9. The second-order valence-electron chi connectivity index (χ2n) is 9.48. The Morgan fingerprint density at radius 3 is 2.48 bits per heavy atom. The Bertz CT molecular complexity index is 1100. The number of imidazole rings is 1. The lowest BCUT2D eigenvalue weighted by Crippen LogP contribution is -2.52. The number of rotatable bonds is 5. The molecule has 1 aromatic heterocycles. The molecule has 6 heteroatoms. The highest BCUT2D eigenvalue weighted by atomic mass is 16.2. The summed E-state index contributed by atoms with van der Waals surface area (Å²) in [5.74, 6) is 1.52. The Kier molecular flexibility index (Phi) is 6.36. The minimum atomic E-state index is 0.101. The molecule has 1 amide bonds. The van der Waals surface area contributed by atoms with Crippen molar-refractivity contribution in [3.05, 3.63) is 59.9 Å². The summed E-state index contributed by atoms with van der Waals surface area (Å²) >= 11 is 0. The van der Waals surface area contributed by atoms with E-state index in [4.69, 9.17) is 4.98 Å². The van der Waals surface area contributed by atoms with Gasteiger partial charge in [0.25, 0.3) is 0 Å². The molecular weight excluding hydrogens is 410 g/mol. The first-order valence-corrected chi connectivity index (χ1v) is 12.4. The number of anilines is 1. The zero-order valence-corrected chi connectivity index (χ0v) is 19.9. The Labute approximate surface area is 196 Å². The Morgan fingerprint density at radius 2 is 1.76 bits per heavy atom. The highest BCUT2D eigenvalue weighted by molar-refractivity contribution is 5.79. The third-order valence-electron chi connectivity index (χ3n) is 7.40. The van der Waals surface area contributed by atoms with Gasteiger partial charge in [-0.3, -0.25) is 9.69 Å². The van der Waals surface area contributed by atoms with Gasteiger partial charge in [-0.2, -0.15) is 0 Å². The fraction of sp³-hybridized carbons (Fsp3) is 0.481. The van der Waals surface area contributed by atoms with Gasteiger partial charge in [-0.05, 0) is 55.6 Å².